The monoisotopic (exact) mass is 414 g/mol. The number of likely N-dealkylation sites (tertiary alicyclic amines) is 1. The predicted molar refractivity (Wildman–Crippen MR) is 122 cm³/mol. The molecule has 30 heavy (non-hydrogen) atoms. The van der Waals surface area contributed by atoms with Gasteiger partial charge in [0.05, 0.1) is 6.04 Å². The number of nitrogens with one attached hydrogen (secondary N) is 1. The molecule has 1 aromatic rings. The molecule has 0 saturated carbocycles. The molecule has 0 aromatic heterocycles. The molecule has 0 unspecified atom stereocenters. The van der Waals surface area contributed by atoms with E-state index in [4.69, 9.17) is 4.99 Å². The van der Waals surface area contributed by atoms with Crippen molar-refractivity contribution in [2.75, 3.05) is 18.0 Å². The summed E-state index contributed by atoms with van der Waals surface area (Å²) in [6.45, 7) is 14.5. The van der Waals surface area contributed by atoms with Gasteiger partial charge in [0, 0.05) is 24.8 Å². The molecule has 0 aliphatic carbocycles. The number of aliphatic imine (C=N–C) groups is 1. The van der Waals surface area contributed by atoms with E-state index in [1.807, 2.05) is 0 Å². The molecule has 6 heteroatoms. The maximum atomic E-state index is 14.0. The maximum Gasteiger partial charge on any atom is 0.328 e. The molecule has 2 saturated heterocycles. The molecule has 2 fully saturated rings. The van der Waals surface area contributed by atoms with Gasteiger partial charge in [-0.25, -0.2) is 9.18 Å². The zero-order valence-corrected chi connectivity index (χ0v) is 19.1. The minimum absolute atomic E-state index is 0.0867. The number of anilines is 1. The second kappa shape index (κ2) is 8.88. The summed E-state index contributed by atoms with van der Waals surface area (Å²) >= 11 is 0. The highest BCUT2D eigenvalue weighted by atomic mass is 19.1. The normalized spacial score (nSPS) is 27.1. The van der Waals surface area contributed by atoms with Gasteiger partial charge in [-0.15, -0.1) is 0 Å². The first-order chi connectivity index (χ1) is 14.1. The van der Waals surface area contributed by atoms with E-state index in [0.29, 0.717) is 11.6 Å². The van der Waals surface area contributed by atoms with E-state index in [0.717, 1.165) is 31.8 Å². The molecule has 164 valence electrons. The first-order valence-corrected chi connectivity index (χ1v) is 11.0. The van der Waals surface area contributed by atoms with Gasteiger partial charge in [0.15, 0.2) is 0 Å². The summed E-state index contributed by atoms with van der Waals surface area (Å²) in [6.07, 6.45) is 3.75. The number of urea groups is 1. The number of piperidine rings is 1. The van der Waals surface area contributed by atoms with Crippen molar-refractivity contribution in [3.05, 3.63) is 41.7 Å². The van der Waals surface area contributed by atoms with Crippen LogP contribution < -0.4 is 10.2 Å². The fourth-order valence-electron chi connectivity index (χ4n) is 4.32. The van der Waals surface area contributed by atoms with Gasteiger partial charge in [-0.3, -0.25) is 20.1 Å². The molecule has 2 heterocycles. The van der Waals surface area contributed by atoms with Crippen LogP contribution in [-0.2, 0) is 0 Å². The third-order valence-corrected chi connectivity index (χ3v) is 6.46. The lowest BCUT2D eigenvalue weighted by atomic mass is 9.81. The van der Waals surface area contributed by atoms with Crippen LogP contribution in [0.25, 0.3) is 0 Å². The Morgan fingerprint density at radius 1 is 1.37 bits per heavy atom. The van der Waals surface area contributed by atoms with Gasteiger partial charge in [0.25, 0.3) is 0 Å². The number of carbonyl (C=O) groups is 1. The van der Waals surface area contributed by atoms with E-state index in [1.165, 1.54) is 17.7 Å². The fourth-order valence-corrected chi connectivity index (χ4v) is 4.32. The molecule has 1 aromatic carbocycles. The summed E-state index contributed by atoms with van der Waals surface area (Å²) in [6, 6.07) is 6.44. The van der Waals surface area contributed by atoms with Crippen molar-refractivity contribution in [1.29, 1.82) is 0 Å². The predicted octanol–water partition coefficient (Wildman–Crippen LogP) is 4.99. The number of amides is 2. The Hall–Kier alpha value is -2.21. The first-order valence-electron chi connectivity index (χ1n) is 11.0. The highest BCUT2D eigenvalue weighted by Gasteiger charge is 2.54. The van der Waals surface area contributed by atoms with Crippen LogP contribution in [0, 0.1) is 11.7 Å². The van der Waals surface area contributed by atoms with E-state index >= 15 is 0 Å². The second-order valence-electron chi connectivity index (χ2n) is 9.32. The fraction of sp³-hybridized carbons (Fsp3) is 0.583. The van der Waals surface area contributed by atoms with Crippen LogP contribution >= 0.6 is 0 Å². The molecular formula is C24H35FN4O. The van der Waals surface area contributed by atoms with Crippen LogP contribution in [-0.4, -0.2) is 47.5 Å². The van der Waals surface area contributed by atoms with E-state index in [9.17, 15) is 9.18 Å². The minimum atomic E-state index is -0.574. The van der Waals surface area contributed by atoms with Gasteiger partial charge in [-0.05, 0) is 64.7 Å². The molecule has 2 amide bonds. The Bertz CT molecular complexity index is 845. The van der Waals surface area contributed by atoms with Crippen molar-refractivity contribution in [3.63, 3.8) is 0 Å². The van der Waals surface area contributed by atoms with Crippen molar-refractivity contribution in [2.45, 2.75) is 72.0 Å². The lowest BCUT2D eigenvalue weighted by Gasteiger charge is -2.47. The van der Waals surface area contributed by atoms with Crippen LogP contribution in [0.2, 0.25) is 0 Å². The summed E-state index contributed by atoms with van der Waals surface area (Å²) in [7, 11) is 0. The zero-order chi connectivity index (χ0) is 22.1. The lowest BCUT2D eigenvalue weighted by molar-refractivity contribution is 0.145. The Morgan fingerprint density at radius 3 is 2.70 bits per heavy atom. The number of rotatable bonds is 5. The van der Waals surface area contributed by atoms with Crippen LogP contribution in [0.3, 0.4) is 0 Å². The van der Waals surface area contributed by atoms with Crippen molar-refractivity contribution >= 4 is 17.6 Å². The molecule has 0 radical (unpaired) electrons. The highest BCUT2D eigenvalue weighted by molar-refractivity contribution is 6.19. The SMILES string of the molecule is CC(C)=CCN1CC[C@@]2(C[C@@H]1C)C(=N[C@@H](C)C(C)C)NC(=O)N2c1cccc(F)c1. The number of halogens is 1. The average molecular weight is 415 g/mol. The maximum absolute atomic E-state index is 14.0. The zero-order valence-electron chi connectivity index (χ0n) is 19.1. The molecule has 2 aliphatic heterocycles. The number of hydrogen-bond acceptors (Lipinski definition) is 3. The Kier molecular flexibility index (Phi) is 6.65. The van der Waals surface area contributed by atoms with E-state index < -0.39 is 5.54 Å². The van der Waals surface area contributed by atoms with Crippen molar-refractivity contribution < 1.29 is 9.18 Å². The van der Waals surface area contributed by atoms with Crippen LogP contribution in [0.1, 0.15) is 54.4 Å². The topological polar surface area (TPSA) is 47.9 Å². The van der Waals surface area contributed by atoms with Gasteiger partial charge in [0.1, 0.15) is 17.2 Å². The average Bonchev–Trinajstić information content (AvgIpc) is 2.91. The molecule has 3 rings (SSSR count). The van der Waals surface area contributed by atoms with Crippen molar-refractivity contribution in [3.8, 4) is 0 Å². The number of allylic oxidation sites excluding steroid dienone is 1. The van der Waals surface area contributed by atoms with E-state index in [1.54, 1.807) is 17.0 Å². The van der Waals surface area contributed by atoms with Gasteiger partial charge >= 0.3 is 6.03 Å². The van der Waals surface area contributed by atoms with Crippen LogP contribution in [0.4, 0.5) is 14.9 Å². The third kappa shape index (κ3) is 4.43. The smallest absolute Gasteiger partial charge is 0.297 e. The molecule has 1 N–H and O–H groups in total. The first kappa shape index (κ1) is 22.5. The number of nitrogens with zero attached hydrogens (tertiary/aromatic N) is 3. The van der Waals surface area contributed by atoms with Gasteiger partial charge in [0.2, 0.25) is 0 Å². The number of amidine groups is 1. The molecule has 0 bridgehead atoms. The number of carbonyl (C=O) groups excluding carboxylic acids is 1. The standard InChI is InChI=1S/C24H35FN4O/c1-16(2)10-12-28-13-11-24(15-18(28)5)22(26-19(6)17(3)4)27-23(30)29(24)21-9-7-8-20(25)14-21/h7-10,14,17-19H,11-13,15H2,1-6H3,(H,26,27,30)/t18-,19-,24+/m0/s1. The molecular weight excluding hydrogens is 379 g/mol. The van der Waals surface area contributed by atoms with Crippen LogP contribution in [0.5, 0.6) is 0 Å². The molecule has 5 nitrogen and oxygen atoms in total. The third-order valence-electron chi connectivity index (χ3n) is 6.46. The Balaban J connectivity index is 2.01. The Labute approximate surface area is 180 Å². The van der Waals surface area contributed by atoms with Crippen LogP contribution in [0.15, 0.2) is 40.9 Å². The summed E-state index contributed by atoms with van der Waals surface area (Å²) in [5.41, 5.74) is 1.31. The minimum Gasteiger partial charge on any atom is -0.297 e. The second-order valence-corrected chi connectivity index (χ2v) is 9.32. The Morgan fingerprint density at radius 2 is 2.10 bits per heavy atom. The highest BCUT2D eigenvalue weighted by Crippen LogP contribution is 2.40. The molecule has 3 atom stereocenters. The molecule has 1 spiro atoms. The number of hydrogen-bond donors (Lipinski definition) is 1. The van der Waals surface area contributed by atoms with E-state index in [-0.39, 0.29) is 23.9 Å². The summed E-state index contributed by atoms with van der Waals surface area (Å²) in [5, 5.41) is 3.04. The summed E-state index contributed by atoms with van der Waals surface area (Å²) < 4.78 is 14.0. The van der Waals surface area contributed by atoms with Gasteiger partial charge in [-0.1, -0.05) is 31.6 Å². The lowest BCUT2D eigenvalue weighted by Crippen LogP contribution is -2.59. The summed E-state index contributed by atoms with van der Waals surface area (Å²) in [4.78, 5) is 22.3. The molecule has 2 aliphatic rings. The van der Waals surface area contributed by atoms with Gasteiger partial charge < -0.3 is 0 Å². The summed E-state index contributed by atoms with van der Waals surface area (Å²) in [5.74, 6) is 0.752. The number of benzene rings is 1. The largest absolute Gasteiger partial charge is 0.328 e. The quantitative estimate of drug-likeness (QED) is 0.690. The van der Waals surface area contributed by atoms with E-state index in [2.05, 4.69) is 57.8 Å². The van der Waals surface area contributed by atoms with Crippen molar-refractivity contribution in [1.82, 2.24) is 10.2 Å². The van der Waals surface area contributed by atoms with Crippen molar-refractivity contribution in [2.24, 2.45) is 10.9 Å². The van der Waals surface area contributed by atoms with Gasteiger partial charge in [-0.2, -0.15) is 0 Å².